The predicted octanol–water partition coefficient (Wildman–Crippen LogP) is 9.37. The second-order valence-electron chi connectivity index (χ2n) is 10.3. The van der Waals surface area contributed by atoms with Crippen molar-refractivity contribution in [2.24, 2.45) is 0 Å². The van der Waals surface area contributed by atoms with Gasteiger partial charge in [0.15, 0.2) is 0 Å². The molecule has 0 saturated heterocycles. The molecule has 35 heavy (non-hydrogen) atoms. The first kappa shape index (κ1) is 23.7. The van der Waals surface area contributed by atoms with E-state index < -0.39 is 0 Å². The third-order valence-corrected chi connectivity index (χ3v) is 7.34. The lowest BCUT2D eigenvalue weighted by molar-refractivity contribution is 0.806. The summed E-state index contributed by atoms with van der Waals surface area (Å²) in [4.78, 5) is 10.0. The van der Waals surface area contributed by atoms with Gasteiger partial charge >= 0.3 is 0 Å². The summed E-state index contributed by atoms with van der Waals surface area (Å²) in [5.74, 6) is 2.16. The van der Waals surface area contributed by atoms with Gasteiger partial charge in [0.25, 0.3) is 0 Å². The molecule has 5 aromatic rings. The molecule has 4 heteroatoms. The number of aromatic nitrogens is 3. The molecule has 0 aliphatic rings. The molecule has 5 rings (SSSR count). The lowest BCUT2D eigenvalue weighted by Crippen LogP contribution is -2.05. The van der Waals surface area contributed by atoms with Crippen LogP contribution in [-0.2, 0) is 0 Å². The van der Waals surface area contributed by atoms with Crippen molar-refractivity contribution in [1.29, 1.82) is 0 Å². The molecule has 0 unspecified atom stereocenters. The zero-order valence-corrected chi connectivity index (χ0v) is 22.9. The van der Waals surface area contributed by atoms with E-state index in [1.54, 1.807) is 0 Å². The second-order valence-corrected chi connectivity index (χ2v) is 11.2. The fraction of sp³-hybridized carbons (Fsp3) is 0.290. The number of fused-ring (bicyclic) bond motifs is 3. The van der Waals surface area contributed by atoms with Crippen LogP contribution in [0.4, 0.5) is 0 Å². The molecule has 0 radical (unpaired) electrons. The highest BCUT2D eigenvalue weighted by Gasteiger charge is 2.21. The van der Waals surface area contributed by atoms with Gasteiger partial charge in [-0.2, -0.15) is 0 Å². The van der Waals surface area contributed by atoms with E-state index in [2.05, 4.69) is 109 Å². The summed E-state index contributed by atoms with van der Waals surface area (Å²) in [7, 11) is 0. The van der Waals surface area contributed by atoms with Crippen LogP contribution in [0.2, 0.25) is 0 Å². The number of hydrogen-bond donors (Lipinski definition) is 0. The smallest absolute Gasteiger partial charge is 0.147 e. The number of rotatable bonds is 5. The van der Waals surface area contributed by atoms with Gasteiger partial charge in [-0.1, -0.05) is 81.7 Å². The monoisotopic (exact) mass is 525 g/mol. The third kappa shape index (κ3) is 4.18. The van der Waals surface area contributed by atoms with Crippen LogP contribution < -0.4 is 0 Å². The summed E-state index contributed by atoms with van der Waals surface area (Å²) in [6.45, 7) is 13.7. The minimum Gasteiger partial charge on any atom is -0.278 e. The molecule has 0 saturated carbocycles. The number of halogens is 1. The summed E-state index contributed by atoms with van der Waals surface area (Å²) in [5, 5.41) is 2.31. The van der Waals surface area contributed by atoms with Crippen molar-refractivity contribution in [2.45, 2.75) is 59.3 Å². The minimum atomic E-state index is 0.399. The SMILES string of the molecule is CC(C)c1cc(C(C)C)c(-c2ccc3c4ccc(Br)cc4n(-c4ccccn4)c3n2)c(C(C)C)c1. The highest BCUT2D eigenvalue weighted by molar-refractivity contribution is 9.10. The van der Waals surface area contributed by atoms with Crippen molar-refractivity contribution < 1.29 is 0 Å². The van der Waals surface area contributed by atoms with Crippen LogP contribution in [0.25, 0.3) is 39.0 Å². The normalized spacial score (nSPS) is 12.1. The zero-order chi connectivity index (χ0) is 24.9. The van der Waals surface area contributed by atoms with Crippen molar-refractivity contribution in [3.63, 3.8) is 0 Å². The number of hydrogen-bond acceptors (Lipinski definition) is 2. The summed E-state index contributed by atoms with van der Waals surface area (Å²) >= 11 is 3.66. The molecule has 3 aromatic heterocycles. The molecule has 0 spiro atoms. The predicted molar refractivity (Wildman–Crippen MR) is 152 cm³/mol. The van der Waals surface area contributed by atoms with Gasteiger partial charge in [-0.3, -0.25) is 4.57 Å². The topological polar surface area (TPSA) is 30.7 Å². The Morgan fingerprint density at radius 2 is 1.43 bits per heavy atom. The molecular formula is C31H32BrN3. The van der Waals surface area contributed by atoms with Crippen LogP contribution in [0, 0.1) is 0 Å². The first-order valence-electron chi connectivity index (χ1n) is 12.5. The standard InChI is InChI=1S/C31H32BrN3/c1-18(2)21-15-25(19(3)4)30(26(16-21)20(5)6)27-13-12-24-23-11-10-22(32)17-28(23)35(31(24)34-27)29-9-7-8-14-33-29/h7-20H,1-6H3. The number of benzene rings is 2. The Morgan fingerprint density at radius 3 is 2.03 bits per heavy atom. The molecule has 0 atom stereocenters. The summed E-state index contributed by atoms with van der Waals surface area (Å²) in [6.07, 6.45) is 1.84. The molecule has 3 heterocycles. The largest absolute Gasteiger partial charge is 0.278 e. The maximum absolute atomic E-state index is 5.36. The Kier molecular flexibility index (Phi) is 6.27. The lowest BCUT2D eigenvalue weighted by Gasteiger charge is -2.22. The molecular weight excluding hydrogens is 494 g/mol. The highest BCUT2D eigenvalue weighted by atomic mass is 79.9. The minimum absolute atomic E-state index is 0.399. The Labute approximate surface area is 216 Å². The van der Waals surface area contributed by atoms with Crippen molar-refractivity contribution >= 4 is 37.9 Å². The van der Waals surface area contributed by atoms with Crippen LogP contribution in [0.3, 0.4) is 0 Å². The molecule has 0 bridgehead atoms. The quantitative estimate of drug-likeness (QED) is 0.228. The van der Waals surface area contributed by atoms with Gasteiger partial charge in [-0.05, 0) is 70.8 Å². The van der Waals surface area contributed by atoms with Gasteiger partial charge in [-0.15, -0.1) is 0 Å². The van der Waals surface area contributed by atoms with Crippen LogP contribution in [-0.4, -0.2) is 14.5 Å². The summed E-state index contributed by atoms with van der Waals surface area (Å²) in [5.41, 5.74) is 8.48. The average molecular weight is 527 g/mol. The van der Waals surface area contributed by atoms with E-state index in [0.29, 0.717) is 17.8 Å². The molecule has 3 nitrogen and oxygen atoms in total. The van der Waals surface area contributed by atoms with Gasteiger partial charge < -0.3 is 0 Å². The van der Waals surface area contributed by atoms with E-state index >= 15 is 0 Å². The molecule has 0 fully saturated rings. The van der Waals surface area contributed by atoms with Gasteiger partial charge in [0, 0.05) is 27.0 Å². The Morgan fingerprint density at radius 1 is 0.743 bits per heavy atom. The van der Waals surface area contributed by atoms with Crippen molar-refractivity contribution in [3.05, 3.63) is 88.0 Å². The summed E-state index contributed by atoms with van der Waals surface area (Å²) < 4.78 is 3.23. The van der Waals surface area contributed by atoms with E-state index in [9.17, 15) is 0 Å². The summed E-state index contributed by atoms with van der Waals surface area (Å²) in [6, 6.07) is 21.7. The van der Waals surface area contributed by atoms with Crippen molar-refractivity contribution in [1.82, 2.24) is 14.5 Å². The molecule has 2 aromatic carbocycles. The number of pyridine rings is 2. The van der Waals surface area contributed by atoms with Crippen LogP contribution in [0.5, 0.6) is 0 Å². The van der Waals surface area contributed by atoms with Crippen LogP contribution in [0.15, 0.2) is 71.3 Å². The van der Waals surface area contributed by atoms with Crippen molar-refractivity contribution in [3.8, 4) is 17.1 Å². The zero-order valence-electron chi connectivity index (χ0n) is 21.3. The Hall–Kier alpha value is -2.98. The van der Waals surface area contributed by atoms with E-state index in [1.165, 1.54) is 27.6 Å². The second kappa shape index (κ2) is 9.23. The number of nitrogens with zero attached hydrogens (tertiary/aromatic N) is 3. The van der Waals surface area contributed by atoms with Crippen LogP contribution in [0.1, 0.15) is 76.0 Å². The Balaban J connectivity index is 1.87. The highest BCUT2D eigenvalue weighted by Crippen LogP contribution is 2.40. The van der Waals surface area contributed by atoms with Crippen LogP contribution >= 0.6 is 15.9 Å². The van der Waals surface area contributed by atoms with Gasteiger partial charge in [0.1, 0.15) is 11.5 Å². The first-order valence-corrected chi connectivity index (χ1v) is 13.3. The van der Waals surface area contributed by atoms with E-state index in [4.69, 9.17) is 4.98 Å². The van der Waals surface area contributed by atoms with Gasteiger partial charge in [0.2, 0.25) is 0 Å². The molecule has 0 amide bonds. The van der Waals surface area contributed by atoms with E-state index in [0.717, 1.165) is 32.5 Å². The Bertz CT molecular complexity index is 1500. The maximum Gasteiger partial charge on any atom is 0.147 e. The van der Waals surface area contributed by atoms with Crippen molar-refractivity contribution in [2.75, 3.05) is 0 Å². The lowest BCUT2D eigenvalue weighted by atomic mass is 9.83. The van der Waals surface area contributed by atoms with Gasteiger partial charge in [-0.25, -0.2) is 9.97 Å². The molecule has 0 N–H and O–H groups in total. The van der Waals surface area contributed by atoms with E-state index in [1.807, 2.05) is 24.4 Å². The molecule has 0 aliphatic carbocycles. The average Bonchev–Trinajstić information content (AvgIpc) is 3.15. The third-order valence-electron chi connectivity index (χ3n) is 6.84. The van der Waals surface area contributed by atoms with E-state index in [-0.39, 0.29) is 0 Å². The van der Waals surface area contributed by atoms with Gasteiger partial charge in [0.05, 0.1) is 11.2 Å². The fourth-order valence-electron chi connectivity index (χ4n) is 4.97. The first-order chi connectivity index (χ1) is 16.8. The molecule has 0 aliphatic heterocycles. The fourth-order valence-corrected chi connectivity index (χ4v) is 5.32. The molecule has 178 valence electrons. The maximum atomic E-state index is 5.36.